The number of nitrogens with zero attached hydrogens (tertiary/aromatic N) is 1. The lowest BCUT2D eigenvalue weighted by Gasteiger charge is -2.32. The molecule has 0 bridgehead atoms. The predicted octanol–water partition coefficient (Wildman–Crippen LogP) is 5.97. The van der Waals surface area contributed by atoms with Crippen LogP contribution in [0.3, 0.4) is 0 Å². The van der Waals surface area contributed by atoms with Gasteiger partial charge in [0.1, 0.15) is 6.61 Å². The molecule has 0 spiro atoms. The Bertz CT molecular complexity index is 618. The molecule has 2 heteroatoms. The number of rotatable bonds is 5. The van der Waals surface area contributed by atoms with Crippen LogP contribution in [0.1, 0.15) is 58.1 Å². The molecule has 0 saturated carbocycles. The Morgan fingerprint density at radius 1 is 1.22 bits per heavy atom. The molecule has 1 aromatic carbocycles. The van der Waals surface area contributed by atoms with E-state index >= 15 is 0 Å². The van der Waals surface area contributed by atoms with Gasteiger partial charge in [0.05, 0.1) is 5.71 Å². The fraction of sp³-hybridized carbons (Fsp3) is 0.476. The maximum absolute atomic E-state index is 5.46. The maximum atomic E-state index is 5.46. The molecule has 2 rings (SSSR count). The van der Waals surface area contributed by atoms with Crippen molar-refractivity contribution in [2.24, 2.45) is 10.6 Å². The molecule has 0 N–H and O–H groups in total. The van der Waals surface area contributed by atoms with Crippen molar-refractivity contribution >= 4 is 5.71 Å². The Hall–Kier alpha value is -1.83. The Morgan fingerprint density at radius 3 is 2.57 bits per heavy atom. The van der Waals surface area contributed by atoms with Crippen LogP contribution >= 0.6 is 0 Å². The Labute approximate surface area is 140 Å². The molecule has 1 aliphatic rings. The van der Waals surface area contributed by atoms with Gasteiger partial charge in [0.15, 0.2) is 0 Å². The van der Waals surface area contributed by atoms with E-state index in [-0.39, 0.29) is 5.41 Å². The van der Waals surface area contributed by atoms with Crippen molar-refractivity contribution in [2.75, 3.05) is 0 Å². The summed E-state index contributed by atoms with van der Waals surface area (Å²) in [5.41, 5.74) is 6.53. The molecule has 0 atom stereocenters. The lowest BCUT2D eigenvalue weighted by molar-refractivity contribution is 0.130. The van der Waals surface area contributed by atoms with Crippen molar-refractivity contribution in [2.45, 2.75) is 60.5 Å². The van der Waals surface area contributed by atoms with E-state index in [9.17, 15) is 0 Å². The van der Waals surface area contributed by atoms with Crippen LogP contribution in [-0.2, 0) is 11.4 Å². The van der Waals surface area contributed by atoms with Crippen LogP contribution in [0.15, 0.2) is 52.7 Å². The summed E-state index contributed by atoms with van der Waals surface area (Å²) in [5.74, 6) is 0. The fourth-order valence-corrected chi connectivity index (χ4v) is 3.14. The number of aryl methyl sites for hydroxylation is 1. The number of hydrogen-bond acceptors (Lipinski definition) is 2. The molecule has 124 valence electrons. The van der Waals surface area contributed by atoms with E-state index < -0.39 is 0 Å². The SMILES string of the molecule is CC1=C(/C=C/C(C)=N/OCc2ccc(C)cc2)C(C)(C)CCC1. The number of oxime groups is 1. The van der Waals surface area contributed by atoms with Gasteiger partial charge in [-0.05, 0) is 62.7 Å². The molecule has 0 unspecified atom stereocenters. The van der Waals surface area contributed by atoms with Gasteiger partial charge in [-0.2, -0.15) is 0 Å². The molecule has 0 saturated heterocycles. The Morgan fingerprint density at radius 2 is 1.91 bits per heavy atom. The van der Waals surface area contributed by atoms with Gasteiger partial charge in [0, 0.05) is 0 Å². The van der Waals surface area contributed by atoms with Crippen LogP contribution in [0.5, 0.6) is 0 Å². The van der Waals surface area contributed by atoms with Crippen LogP contribution in [0.2, 0.25) is 0 Å². The highest BCUT2D eigenvalue weighted by atomic mass is 16.6. The Balaban J connectivity index is 1.95. The van der Waals surface area contributed by atoms with Crippen molar-refractivity contribution in [3.8, 4) is 0 Å². The molecule has 0 heterocycles. The summed E-state index contributed by atoms with van der Waals surface area (Å²) in [5, 5.41) is 4.21. The monoisotopic (exact) mass is 311 g/mol. The topological polar surface area (TPSA) is 21.6 Å². The number of hydrogen-bond donors (Lipinski definition) is 0. The van der Waals surface area contributed by atoms with Crippen molar-refractivity contribution in [3.05, 3.63) is 58.7 Å². The molecule has 2 nitrogen and oxygen atoms in total. The molecule has 0 aliphatic heterocycles. The third kappa shape index (κ3) is 5.09. The fourth-order valence-electron chi connectivity index (χ4n) is 3.14. The molecule has 23 heavy (non-hydrogen) atoms. The molecule has 1 aliphatic carbocycles. The first kappa shape index (κ1) is 17.5. The summed E-state index contributed by atoms with van der Waals surface area (Å²) in [6, 6.07) is 8.34. The third-order valence-corrected chi connectivity index (χ3v) is 4.59. The minimum absolute atomic E-state index is 0.266. The van der Waals surface area contributed by atoms with E-state index in [1.807, 2.05) is 6.92 Å². The van der Waals surface area contributed by atoms with Crippen LogP contribution in [-0.4, -0.2) is 5.71 Å². The molecule has 0 radical (unpaired) electrons. The van der Waals surface area contributed by atoms with Gasteiger partial charge in [-0.1, -0.05) is 60.5 Å². The predicted molar refractivity (Wildman–Crippen MR) is 98.5 cm³/mol. The first-order valence-corrected chi connectivity index (χ1v) is 8.49. The first-order chi connectivity index (χ1) is 10.9. The van der Waals surface area contributed by atoms with Gasteiger partial charge in [-0.3, -0.25) is 0 Å². The summed E-state index contributed by atoms with van der Waals surface area (Å²) < 4.78 is 0. The molecular weight excluding hydrogens is 282 g/mol. The van der Waals surface area contributed by atoms with Crippen LogP contribution in [0.4, 0.5) is 0 Å². The van der Waals surface area contributed by atoms with E-state index in [2.05, 4.69) is 69.3 Å². The van der Waals surface area contributed by atoms with Gasteiger partial charge in [0.2, 0.25) is 0 Å². The zero-order valence-electron chi connectivity index (χ0n) is 15.1. The number of allylic oxidation sites excluding steroid dienone is 4. The van der Waals surface area contributed by atoms with E-state index in [1.54, 1.807) is 0 Å². The summed E-state index contributed by atoms with van der Waals surface area (Å²) in [7, 11) is 0. The average molecular weight is 311 g/mol. The third-order valence-electron chi connectivity index (χ3n) is 4.59. The maximum Gasteiger partial charge on any atom is 0.142 e. The molecule has 1 aromatic rings. The van der Waals surface area contributed by atoms with E-state index in [1.165, 1.54) is 36.0 Å². The quantitative estimate of drug-likeness (QED) is 0.485. The van der Waals surface area contributed by atoms with Crippen LogP contribution < -0.4 is 0 Å². The van der Waals surface area contributed by atoms with E-state index in [4.69, 9.17) is 4.84 Å². The lowest BCUT2D eigenvalue weighted by atomic mass is 9.72. The second-order valence-corrected chi connectivity index (χ2v) is 7.26. The zero-order valence-corrected chi connectivity index (χ0v) is 15.1. The standard InChI is InChI=1S/C21H29NO/c1-16-8-11-19(12-9-16)15-23-22-18(3)10-13-20-17(2)7-6-14-21(20,4)5/h8-13H,6-7,14-15H2,1-5H3/b13-10+,22-18+. The Kier molecular flexibility index (Phi) is 5.81. The van der Waals surface area contributed by atoms with Crippen LogP contribution in [0.25, 0.3) is 0 Å². The first-order valence-electron chi connectivity index (χ1n) is 8.49. The lowest BCUT2D eigenvalue weighted by Crippen LogP contribution is -2.19. The minimum atomic E-state index is 0.266. The van der Waals surface area contributed by atoms with Gasteiger partial charge in [0.25, 0.3) is 0 Å². The largest absolute Gasteiger partial charge is 0.391 e. The smallest absolute Gasteiger partial charge is 0.142 e. The average Bonchev–Trinajstić information content (AvgIpc) is 2.48. The molecule has 0 amide bonds. The molecule has 0 aromatic heterocycles. The summed E-state index contributed by atoms with van der Waals surface area (Å²) in [6.07, 6.45) is 8.06. The number of benzene rings is 1. The van der Waals surface area contributed by atoms with Gasteiger partial charge < -0.3 is 4.84 Å². The van der Waals surface area contributed by atoms with Gasteiger partial charge in [-0.25, -0.2) is 0 Å². The molecular formula is C21H29NO. The normalized spacial score (nSPS) is 18.6. The second kappa shape index (κ2) is 7.63. The van der Waals surface area contributed by atoms with Crippen LogP contribution in [0, 0.1) is 12.3 Å². The van der Waals surface area contributed by atoms with Crippen molar-refractivity contribution in [1.29, 1.82) is 0 Å². The van der Waals surface area contributed by atoms with E-state index in [0.29, 0.717) is 6.61 Å². The summed E-state index contributed by atoms with van der Waals surface area (Å²) in [6.45, 7) is 11.5. The van der Waals surface area contributed by atoms with Crippen molar-refractivity contribution in [1.82, 2.24) is 0 Å². The van der Waals surface area contributed by atoms with Crippen molar-refractivity contribution in [3.63, 3.8) is 0 Å². The highest BCUT2D eigenvalue weighted by molar-refractivity contribution is 5.92. The summed E-state index contributed by atoms with van der Waals surface area (Å²) >= 11 is 0. The zero-order chi connectivity index (χ0) is 16.9. The second-order valence-electron chi connectivity index (χ2n) is 7.26. The minimum Gasteiger partial charge on any atom is -0.391 e. The van der Waals surface area contributed by atoms with Crippen molar-refractivity contribution < 1.29 is 4.84 Å². The van der Waals surface area contributed by atoms with Gasteiger partial charge in [-0.15, -0.1) is 0 Å². The molecule has 0 fully saturated rings. The van der Waals surface area contributed by atoms with E-state index in [0.717, 1.165) is 11.3 Å². The highest BCUT2D eigenvalue weighted by Gasteiger charge is 2.26. The highest BCUT2D eigenvalue weighted by Crippen LogP contribution is 2.40. The summed E-state index contributed by atoms with van der Waals surface area (Å²) in [4.78, 5) is 5.46. The van der Waals surface area contributed by atoms with Gasteiger partial charge >= 0.3 is 0 Å².